The molecular formula is C11H11F4NS. The average molecular weight is 265 g/mol. The third-order valence-corrected chi connectivity index (χ3v) is 2.61. The van der Waals surface area contributed by atoms with Gasteiger partial charge >= 0.3 is 5.51 Å². The third-order valence-electron chi connectivity index (χ3n) is 1.89. The molecule has 0 saturated carbocycles. The number of benzene rings is 1. The largest absolute Gasteiger partial charge is 0.446 e. The lowest BCUT2D eigenvalue weighted by atomic mass is 10.1. The van der Waals surface area contributed by atoms with Crippen molar-refractivity contribution in [3.8, 4) is 0 Å². The predicted octanol–water partition coefficient (Wildman–Crippen LogP) is 3.65. The van der Waals surface area contributed by atoms with Gasteiger partial charge in [0.05, 0.1) is 0 Å². The first-order valence-corrected chi connectivity index (χ1v) is 5.61. The van der Waals surface area contributed by atoms with Gasteiger partial charge < -0.3 is 5.73 Å². The van der Waals surface area contributed by atoms with Crippen LogP contribution in [0.1, 0.15) is 5.56 Å². The van der Waals surface area contributed by atoms with Crippen molar-refractivity contribution in [3.05, 3.63) is 41.7 Å². The molecule has 1 rings (SSSR count). The number of allylic oxidation sites excluding steroid dienone is 1. The molecule has 0 fully saturated rings. The summed E-state index contributed by atoms with van der Waals surface area (Å²) in [6, 6.07) is 5.90. The minimum absolute atomic E-state index is 0.0940. The first kappa shape index (κ1) is 14.1. The van der Waals surface area contributed by atoms with Gasteiger partial charge in [-0.05, 0) is 42.0 Å². The van der Waals surface area contributed by atoms with E-state index in [2.05, 4.69) is 0 Å². The fourth-order valence-corrected chi connectivity index (χ4v) is 1.81. The van der Waals surface area contributed by atoms with Crippen molar-refractivity contribution in [3.63, 3.8) is 0 Å². The van der Waals surface area contributed by atoms with Crippen LogP contribution in [0.3, 0.4) is 0 Å². The monoisotopic (exact) mass is 265 g/mol. The van der Waals surface area contributed by atoms with E-state index in [4.69, 9.17) is 5.73 Å². The summed E-state index contributed by atoms with van der Waals surface area (Å²) in [5.41, 5.74) is 1.36. The van der Waals surface area contributed by atoms with Crippen LogP contribution in [0.2, 0.25) is 0 Å². The molecule has 0 heterocycles. The molecule has 0 saturated heterocycles. The molecule has 0 radical (unpaired) electrons. The highest BCUT2D eigenvalue weighted by atomic mass is 32.2. The quantitative estimate of drug-likeness (QED) is 0.664. The number of hydrogen-bond donors (Lipinski definition) is 1. The van der Waals surface area contributed by atoms with Gasteiger partial charge in [0.15, 0.2) is 0 Å². The predicted molar refractivity (Wildman–Crippen MR) is 60.3 cm³/mol. The van der Waals surface area contributed by atoms with Crippen LogP contribution in [-0.4, -0.2) is 12.1 Å². The molecule has 6 heteroatoms. The van der Waals surface area contributed by atoms with Crippen molar-refractivity contribution < 1.29 is 17.6 Å². The molecule has 0 unspecified atom stereocenters. The van der Waals surface area contributed by atoms with Crippen LogP contribution in [0.4, 0.5) is 17.6 Å². The fraction of sp³-hybridized carbons (Fsp3) is 0.273. The summed E-state index contributed by atoms with van der Waals surface area (Å²) in [4.78, 5) is 0.0940. The van der Waals surface area contributed by atoms with Crippen LogP contribution in [-0.2, 0) is 6.42 Å². The zero-order valence-electron chi connectivity index (χ0n) is 8.80. The number of thioether (sulfide) groups is 1. The van der Waals surface area contributed by atoms with E-state index in [1.54, 1.807) is 6.07 Å². The average Bonchev–Trinajstić information content (AvgIpc) is 2.24. The molecule has 1 aromatic rings. The van der Waals surface area contributed by atoms with Gasteiger partial charge in [0.1, 0.15) is 5.83 Å². The van der Waals surface area contributed by atoms with E-state index in [1.807, 2.05) is 0 Å². The van der Waals surface area contributed by atoms with Gasteiger partial charge in [-0.2, -0.15) is 13.2 Å². The number of nitrogens with two attached hydrogens (primary N) is 1. The van der Waals surface area contributed by atoms with Gasteiger partial charge in [-0.25, -0.2) is 4.39 Å². The Morgan fingerprint density at radius 2 is 2.06 bits per heavy atom. The van der Waals surface area contributed by atoms with Crippen molar-refractivity contribution in [2.75, 3.05) is 6.54 Å². The second-order valence-corrected chi connectivity index (χ2v) is 4.39. The summed E-state index contributed by atoms with van der Waals surface area (Å²) < 4.78 is 49.1. The Hall–Kier alpha value is -1.01. The second-order valence-electron chi connectivity index (χ2n) is 3.25. The molecule has 0 atom stereocenters. The highest BCUT2D eigenvalue weighted by molar-refractivity contribution is 8.00. The minimum atomic E-state index is -4.31. The standard InChI is InChI=1S/C11H11F4NS/c12-9(7-16)5-4-8-2-1-3-10(6-8)17-11(13,14)15/h1-3,5-6H,4,7,16H2/b9-5-. The molecule has 1 nitrogen and oxygen atoms in total. The summed E-state index contributed by atoms with van der Waals surface area (Å²) in [7, 11) is 0. The van der Waals surface area contributed by atoms with Gasteiger partial charge in [0.2, 0.25) is 0 Å². The van der Waals surface area contributed by atoms with E-state index >= 15 is 0 Å². The Bertz CT molecular complexity index is 401. The van der Waals surface area contributed by atoms with Gasteiger partial charge in [-0.3, -0.25) is 0 Å². The second kappa shape index (κ2) is 6.07. The lowest BCUT2D eigenvalue weighted by molar-refractivity contribution is -0.0328. The van der Waals surface area contributed by atoms with E-state index in [-0.39, 0.29) is 29.6 Å². The minimum Gasteiger partial charge on any atom is -0.325 e. The van der Waals surface area contributed by atoms with Crippen LogP contribution < -0.4 is 5.73 Å². The van der Waals surface area contributed by atoms with E-state index < -0.39 is 11.3 Å². The highest BCUT2D eigenvalue weighted by Crippen LogP contribution is 2.36. The third kappa shape index (κ3) is 5.74. The molecule has 0 aliphatic carbocycles. The van der Waals surface area contributed by atoms with Gasteiger partial charge in [0.25, 0.3) is 0 Å². The number of hydrogen-bond acceptors (Lipinski definition) is 2. The molecule has 0 spiro atoms. The van der Waals surface area contributed by atoms with E-state index in [0.29, 0.717) is 5.56 Å². The van der Waals surface area contributed by atoms with Gasteiger partial charge in [0, 0.05) is 11.4 Å². The molecule has 0 aromatic heterocycles. The van der Waals surface area contributed by atoms with Crippen LogP contribution in [0.25, 0.3) is 0 Å². The van der Waals surface area contributed by atoms with E-state index in [9.17, 15) is 17.6 Å². The normalized spacial score (nSPS) is 12.9. The summed E-state index contributed by atoms with van der Waals surface area (Å²) in [6.07, 6.45) is 1.49. The molecule has 1 aromatic carbocycles. The lowest BCUT2D eigenvalue weighted by Crippen LogP contribution is -2.00. The Balaban J connectivity index is 2.73. The Morgan fingerprint density at radius 3 is 2.65 bits per heavy atom. The Labute approximate surface area is 101 Å². The molecule has 0 aliphatic rings. The molecule has 0 bridgehead atoms. The maximum atomic E-state index is 12.7. The molecule has 17 heavy (non-hydrogen) atoms. The summed E-state index contributed by atoms with van der Waals surface area (Å²) in [5, 5.41) is 0. The zero-order chi connectivity index (χ0) is 12.9. The summed E-state index contributed by atoms with van der Waals surface area (Å²) in [6.45, 7) is -0.197. The van der Waals surface area contributed by atoms with Crippen LogP contribution >= 0.6 is 11.8 Å². The first-order chi connectivity index (χ1) is 7.90. The summed E-state index contributed by atoms with van der Waals surface area (Å²) >= 11 is -0.184. The van der Waals surface area contributed by atoms with Crippen molar-refractivity contribution >= 4 is 11.8 Å². The van der Waals surface area contributed by atoms with Crippen molar-refractivity contribution in [1.29, 1.82) is 0 Å². The number of halogens is 4. The molecule has 94 valence electrons. The smallest absolute Gasteiger partial charge is 0.325 e. The Morgan fingerprint density at radius 1 is 1.35 bits per heavy atom. The van der Waals surface area contributed by atoms with E-state index in [0.717, 1.165) is 0 Å². The first-order valence-electron chi connectivity index (χ1n) is 4.80. The van der Waals surface area contributed by atoms with Crippen molar-refractivity contribution in [2.24, 2.45) is 5.73 Å². The fourth-order valence-electron chi connectivity index (χ4n) is 1.18. The van der Waals surface area contributed by atoms with Crippen molar-refractivity contribution in [1.82, 2.24) is 0 Å². The summed E-state index contributed by atoms with van der Waals surface area (Å²) in [5.74, 6) is -0.473. The molecule has 0 amide bonds. The zero-order valence-corrected chi connectivity index (χ0v) is 9.61. The SMILES string of the molecule is NC/C(F)=C/Cc1cccc(SC(F)(F)F)c1. The lowest BCUT2D eigenvalue weighted by Gasteiger charge is -2.06. The van der Waals surface area contributed by atoms with Gasteiger partial charge in [-0.15, -0.1) is 0 Å². The van der Waals surface area contributed by atoms with Gasteiger partial charge in [-0.1, -0.05) is 12.1 Å². The highest BCUT2D eigenvalue weighted by Gasteiger charge is 2.29. The number of alkyl halides is 3. The van der Waals surface area contributed by atoms with Crippen molar-refractivity contribution in [2.45, 2.75) is 16.8 Å². The topological polar surface area (TPSA) is 26.0 Å². The van der Waals surface area contributed by atoms with Crippen LogP contribution in [0.5, 0.6) is 0 Å². The number of rotatable bonds is 4. The maximum absolute atomic E-state index is 12.7. The van der Waals surface area contributed by atoms with E-state index in [1.165, 1.54) is 24.3 Å². The van der Waals surface area contributed by atoms with Crippen LogP contribution in [0, 0.1) is 0 Å². The Kier molecular flexibility index (Phi) is 5.02. The van der Waals surface area contributed by atoms with Crippen LogP contribution in [0.15, 0.2) is 41.1 Å². The molecule has 2 N–H and O–H groups in total. The molecule has 0 aliphatic heterocycles. The maximum Gasteiger partial charge on any atom is 0.446 e. The molecular weight excluding hydrogens is 254 g/mol.